The molecule has 0 spiro atoms. The van der Waals surface area contributed by atoms with Gasteiger partial charge < -0.3 is 15.3 Å². The van der Waals surface area contributed by atoms with Crippen LogP contribution in [0.2, 0.25) is 0 Å². The maximum atomic E-state index is 11.9. The van der Waals surface area contributed by atoms with Gasteiger partial charge in [-0.2, -0.15) is 0 Å². The fraction of sp³-hybridized carbons (Fsp3) is 0.429. The summed E-state index contributed by atoms with van der Waals surface area (Å²) >= 11 is 0. The van der Waals surface area contributed by atoms with Crippen molar-refractivity contribution in [2.75, 3.05) is 0 Å². The van der Waals surface area contributed by atoms with Gasteiger partial charge in [0.15, 0.2) is 11.6 Å². The highest BCUT2D eigenvalue weighted by atomic mass is 16.3. The van der Waals surface area contributed by atoms with E-state index in [2.05, 4.69) is 0 Å². The van der Waals surface area contributed by atoms with E-state index in [-0.39, 0.29) is 24.0 Å². The quantitative estimate of drug-likeness (QED) is 0.688. The zero-order valence-corrected chi connectivity index (χ0v) is 11.1. The van der Waals surface area contributed by atoms with Crippen molar-refractivity contribution < 1.29 is 24.9 Å². The Bertz CT molecular complexity index is 505. The van der Waals surface area contributed by atoms with Crippen molar-refractivity contribution in [3.8, 4) is 17.2 Å². The van der Waals surface area contributed by atoms with E-state index < -0.39 is 28.8 Å². The number of benzene rings is 1. The first-order valence-corrected chi connectivity index (χ1v) is 6.28. The summed E-state index contributed by atoms with van der Waals surface area (Å²) in [4.78, 5) is 23.5. The van der Waals surface area contributed by atoms with Gasteiger partial charge in [-0.25, -0.2) is 0 Å². The molecule has 0 saturated heterocycles. The largest absolute Gasteiger partial charge is 0.507 e. The van der Waals surface area contributed by atoms with Gasteiger partial charge in [-0.3, -0.25) is 9.59 Å². The van der Waals surface area contributed by atoms with Gasteiger partial charge in [0.2, 0.25) is 0 Å². The molecule has 0 aliphatic heterocycles. The van der Waals surface area contributed by atoms with Gasteiger partial charge in [0.05, 0.1) is 0 Å². The monoisotopic (exact) mass is 266 g/mol. The average molecular weight is 266 g/mol. The number of aromatic hydroxyl groups is 3. The Morgan fingerprint density at radius 2 is 1.53 bits per heavy atom. The minimum absolute atomic E-state index is 0.0779. The fourth-order valence-corrected chi connectivity index (χ4v) is 1.83. The molecule has 0 aromatic heterocycles. The Morgan fingerprint density at radius 3 is 2.00 bits per heavy atom. The number of hydrogen-bond acceptors (Lipinski definition) is 5. The standard InChI is InChI=1S/C14H18O5/c1-3-5-6-9(16)13-11(18)7-10(17)12(14(13)19)8(15)4-2/h7,17-19H,3-6H2,1-2H3. The molecule has 0 unspecified atom stereocenters. The molecular formula is C14H18O5. The van der Waals surface area contributed by atoms with Gasteiger partial charge in [0, 0.05) is 18.9 Å². The van der Waals surface area contributed by atoms with E-state index in [0.717, 1.165) is 12.5 Å². The summed E-state index contributed by atoms with van der Waals surface area (Å²) in [5.41, 5.74) is -0.594. The molecule has 1 rings (SSSR count). The van der Waals surface area contributed by atoms with Crippen LogP contribution in [0.25, 0.3) is 0 Å². The lowest BCUT2D eigenvalue weighted by Gasteiger charge is -2.11. The van der Waals surface area contributed by atoms with Crippen LogP contribution >= 0.6 is 0 Å². The average Bonchev–Trinajstić information content (AvgIpc) is 2.35. The van der Waals surface area contributed by atoms with Crippen molar-refractivity contribution in [1.82, 2.24) is 0 Å². The molecule has 104 valence electrons. The maximum absolute atomic E-state index is 11.9. The van der Waals surface area contributed by atoms with Crippen LogP contribution in [-0.4, -0.2) is 26.9 Å². The van der Waals surface area contributed by atoms with Crippen molar-refractivity contribution in [3.63, 3.8) is 0 Å². The van der Waals surface area contributed by atoms with Gasteiger partial charge in [-0.15, -0.1) is 0 Å². The molecule has 0 amide bonds. The summed E-state index contributed by atoms with van der Waals surface area (Å²) in [5, 5.41) is 29.2. The molecule has 5 nitrogen and oxygen atoms in total. The number of hydrogen-bond donors (Lipinski definition) is 3. The van der Waals surface area contributed by atoms with E-state index in [1.54, 1.807) is 6.92 Å². The van der Waals surface area contributed by atoms with Gasteiger partial charge in [0.25, 0.3) is 0 Å². The highest BCUT2D eigenvalue weighted by molar-refractivity contribution is 6.08. The minimum Gasteiger partial charge on any atom is -0.507 e. The first-order chi connectivity index (χ1) is 8.93. The van der Waals surface area contributed by atoms with Gasteiger partial charge >= 0.3 is 0 Å². The molecule has 3 N–H and O–H groups in total. The van der Waals surface area contributed by atoms with Crippen LogP contribution in [-0.2, 0) is 0 Å². The summed E-state index contributed by atoms with van der Waals surface area (Å²) in [6, 6.07) is 0.918. The Hall–Kier alpha value is -2.04. The van der Waals surface area contributed by atoms with Crippen LogP contribution in [0.15, 0.2) is 6.07 Å². The van der Waals surface area contributed by atoms with E-state index >= 15 is 0 Å². The third kappa shape index (κ3) is 3.05. The van der Waals surface area contributed by atoms with Crippen molar-refractivity contribution in [1.29, 1.82) is 0 Å². The molecule has 0 atom stereocenters. The Morgan fingerprint density at radius 1 is 1.00 bits per heavy atom. The van der Waals surface area contributed by atoms with E-state index in [1.165, 1.54) is 0 Å². The molecule has 0 aliphatic carbocycles. The lowest BCUT2D eigenvalue weighted by Crippen LogP contribution is -2.05. The van der Waals surface area contributed by atoms with E-state index in [4.69, 9.17) is 0 Å². The number of phenols is 3. The number of Topliss-reactive ketones (excluding diaryl/α,β-unsaturated/α-hetero) is 2. The second kappa shape index (κ2) is 6.22. The van der Waals surface area contributed by atoms with Crippen molar-refractivity contribution in [2.45, 2.75) is 39.5 Å². The number of carbonyl (C=O) groups is 2. The van der Waals surface area contributed by atoms with Crippen LogP contribution in [0.3, 0.4) is 0 Å². The van der Waals surface area contributed by atoms with Crippen LogP contribution < -0.4 is 0 Å². The molecule has 0 radical (unpaired) electrons. The molecule has 19 heavy (non-hydrogen) atoms. The summed E-state index contributed by atoms with van der Waals surface area (Å²) < 4.78 is 0. The zero-order valence-electron chi connectivity index (χ0n) is 11.1. The van der Waals surface area contributed by atoms with Crippen molar-refractivity contribution in [2.24, 2.45) is 0 Å². The van der Waals surface area contributed by atoms with Crippen LogP contribution in [0, 0.1) is 0 Å². The molecule has 1 aromatic rings. The topological polar surface area (TPSA) is 94.8 Å². The van der Waals surface area contributed by atoms with Gasteiger partial charge in [-0.05, 0) is 6.42 Å². The molecule has 0 bridgehead atoms. The number of carbonyl (C=O) groups excluding carboxylic acids is 2. The Balaban J connectivity index is 3.32. The predicted octanol–water partition coefficient (Wildman–Crippen LogP) is 2.77. The lowest BCUT2D eigenvalue weighted by atomic mass is 9.97. The third-order valence-corrected chi connectivity index (χ3v) is 2.90. The van der Waals surface area contributed by atoms with E-state index in [1.807, 2.05) is 6.92 Å². The molecular weight excluding hydrogens is 248 g/mol. The summed E-state index contributed by atoms with van der Waals surface area (Å²) in [5.74, 6) is -2.59. The molecule has 1 aromatic carbocycles. The number of rotatable bonds is 6. The highest BCUT2D eigenvalue weighted by Gasteiger charge is 2.25. The third-order valence-electron chi connectivity index (χ3n) is 2.90. The van der Waals surface area contributed by atoms with Gasteiger partial charge in [0.1, 0.15) is 28.4 Å². The Kier molecular flexibility index (Phi) is 4.92. The second-order valence-electron chi connectivity index (χ2n) is 4.32. The smallest absolute Gasteiger partial charge is 0.170 e. The zero-order chi connectivity index (χ0) is 14.6. The van der Waals surface area contributed by atoms with Crippen molar-refractivity contribution >= 4 is 11.6 Å². The summed E-state index contributed by atoms with van der Waals surface area (Å²) in [6.45, 7) is 3.49. The maximum Gasteiger partial charge on any atom is 0.170 e. The number of phenolic OH excluding ortho intramolecular Hbond substituents is 3. The first kappa shape index (κ1) is 15.0. The first-order valence-electron chi connectivity index (χ1n) is 6.28. The van der Waals surface area contributed by atoms with Crippen molar-refractivity contribution in [3.05, 3.63) is 17.2 Å². The summed E-state index contributed by atoms with van der Waals surface area (Å²) in [6.07, 6.45) is 1.67. The van der Waals surface area contributed by atoms with Gasteiger partial charge in [-0.1, -0.05) is 20.3 Å². The normalized spacial score (nSPS) is 10.4. The molecule has 0 aliphatic rings. The minimum atomic E-state index is -0.634. The molecule has 5 heteroatoms. The lowest BCUT2D eigenvalue weighted by molar-refractivity contribution is 0.0973. The molecule has 0 heterocycles. The molecule has 0 saturated carbocycles. The SMILES string of the molecule is CCCCC(=O)c1c(O)cc(O)c(C(=O)CC)c1O. The van der Waals surface area contributed by atoms with E-state index in [0.29, 0.717) is 6.42 Å². The fourth-order valence-electron chi connectivity index (χ4n) is 1.83. The van der Waals surface area contributed by atoms with E-state index in [9.17, 15) is 24.9 Å². The van der Waals surface area contributed by atoms with Crippen LogP contribution in [0.1, 0.15) is 60.2 Å². The molecule has 0 fully saturated rings. The predicted molar refractivity (Wildman–Crippen MR) is 69.9 cm³/mol. The number of ketones is 2. The van der Waals surface area contributed by atoms with Crippen LogP contribution in [0.4, 0.5) is 0 Å². The Labute approximate surface area is 111 Å². The van der Waals surface area contributed by atoms with Crippen LogP contribution in [0.5, 0.6) is 17.2 Å². The second-order valence-corrected chi connectivity index (χ2v) is 4.32. The number of unbranched alkanes of at least 4 members (excludes halogenated alkanes) is 1. The summed E-state index contributed by atoms with van der Waals surface area (Å²) in [7, 11) is 0. The highest BCUT2D eigenvalue weighted by Crippen LogP contribution is 2.38.